The van der Waals surface area contributed by atoms with Crippen LogP contribution in [0.5, 0.6) is 0 Å². The Kier molecular flexibility index (Phi) is 3.59. The first-order valence-corrected chi connectivity index (χ1v) is 7.49. The highest BCUT2D eigenvalue weighted by Crippen LogP contribution is 2.45. The number of hydrogen-bond acceptors (Lipinski definition) is 2. The van der Waals surface area contributed by atoms with Crippen LogP contribution < -0.4 is 0 Å². The summed E-state index contributed by atoms with van der Waals surface area (Å²) in [6.45, 7) is 0.675. The van der Waals surface area contributed by atoms with Gasteiger partial charge in [-0.05, 0) is 44.2 Å². The molecule has 1 aliphatic carbocycles. The molecule has 1 saturated heterocycles. The first-order valence-electron chi connectivity index (χ1n) is 6.73. The van der Waals surface area contributed by atoms with E-state index in [4.69, 9.17) is 27.9 Å². The number of benzene rings is 1. The van der Waals surface area contributed by atoms with Gasteiger partial charge in [-0.3, -0.25) is 4.79 Å². The van der Waals surface area contributed by atoms with Crippen molar-refractivity contribution in [3.8, 4) is 0 Å². The molecular formula is C15H16Cl2O2. The third kappa shape index (κ3) is 2.42. The van der Waals surface area contributed by atoms with Crippen LogP contribution in [-0.2, 0) is 4.74 Å². The Bertz CT molecular complexity index is 509. The van der Waals surface area contributed by atoms with Crippen LogP contribution in [0.25, 0.3) is 0 Å². The lowest BCUT2D eigenvalue weighted by molar-refractivity contribution is -0.137. The second-order valence-corrected chi connectivity index (χ2v) is 6.33. The van der Waals surface area contributed by atoms with Gasteiger partial charge in [-0.15, -0.1) is 0 Å². The molecule has 0 amide bonds. The Morgan fingerprint density at radius 3 is 2.79 bits per heavy atom. The first-order chi connectivity index (χ1) is 9.11. The van der Waals surface area contributed by atoms with E-state index in [1.165, 1.54) is 6.42 Å². The van der Waals surface area contributed by atoms with Gasteiger partial charge in [0.1, 0.15) is 0 Å². The quantitative estimate of drug-likeness (QED) is 0.750. The van der Waals surface area contributed by atoms with Gasteiger partial charge in [0.15, 0.2) is 5.78 Å². The first kappa shape index (κ1) is 13.4. The minimum absolute atomic E-state index is 0.0185. The topological polar surface area (TPSA) is 26.3 Å². The number of hydrogen-bond donors (Lipinski definition) is 0. The molecule has 3 rings (SSSR count). The third-order valence-corrected chi connectivity index (χ3v) is 5.16. The van der Waals surface area contributed by atoms with Crippen molar-refractivity contribution in [2.45, 2.75) is 37.7 Å². The molecule has 1 aliphatic heterocycles. The van der Waals surface area contributed by atoms with Gasteiger partial charge in [0.25, 0.3) is 0 Å². The maximum atomic E-state index is 12.6. The fourth-order valence-electron chi connectivity index (χ4n) is 3.09. The van der Waals surface area contributed by atoms with E-state index >= 15 is 0 Å². The van der Waals surface area contributed by atoms with Crippen molar-refractivity contribution in [3.63, 3.8) is 0 Å². The van der Waals surface area contributed by atoms with E-state index in [1.54, 1.807) is 18.2 Å². The van der Waals surface area contributed by atoms with Crippen LogP contribution >= 0.6 is 23.2 Å². The van der Waals surface area contributed by atoms with E-state index in [-0.39, 0.29) is 17.3 Å². The SMILES string of the molecule is O=C(c1cccc(Cl)c1Cl)C1CCOC2(CCC2)C1. The Labute approximate surface area is 123 Å². The smallest absolute Gasteiger partial charge is 0.167 e. The fraction of sp³-hybridized carbons (Fsp3) is 0.533. The highest BCUT2D eigenvalue weighted by Gasteiger charge is 2.44. The van der Waals surface area contributed by atoms with Gasteiger partial charge in [0, 0.05) is 18.1 Å². The summed E-state index contributed by atoms with van der Waals surface area (Å²) in [5, 5.41) is 0.821. The van der Waals surface area contributed by atoms with E-state index in [0.29, 0.717) is 22.2 Å². The molecule has 0 N–H and O–H groups in total. The molecular weight excluding hydrogens is 283 g/mol. The summed E-state index contributed by atoms with van der Waals surface area (Å²) in [4.78, 5) is 12.6. The number of carbonyl (C=O) groups excluding carboxylic acids is 1. The van der Waals surface area contributed by atoms with Crippen LogP contribution in [0.4, 0.5) is 0 Å². The van der Waals surface area contributed by atoms with Gasteiger partial charge in [-0.1, -0.05) is 29.3 Å². The lowest BCUT2D eigenvalue weighted by atomic mass is 9.70. The molecule has 1 saturated carbocycles. The van der Waals surface area contributed by atoms with Crippen molar-refractivity contribution in [3.05, 3.63) is 33.8 Å². The lowest BCUT2D eigenvalue weighted by Gasteiger charge is -2.46. The van der Waals surface area contributed by atoms with Crippen molar-refractivity contribution in [1.29, 1.82) is 0 Å². The van der Waals surface area contributed by atoms with E-state index in [9.17, 15) is 4.79 Å². The van der Waals surface area contributed by atoms with Gasteiger partial charge in [0.2, 0.25) is 0 Å². The maximum absolute atomic E-state index is 12.6. The fourth-order valence-corrected chi connectivity index (χ4v) is 3.48. The molecule has 0 radical (unpaired) electrons. The predicted molar refractivity (Wildman–Crippen MR) is 76.1 cm³/mol. The maximum Gasteiger partial charge on any atom is 0.167 e. The average Bonchev–Trinajstić information content (AvgIpc) is 2.39. The van der Waals surface area contributed by atoms with Gasteiger partial charge in [-0.2, -0.15) is 0 Å². The minimum Gasteiger partial charge on any atom is -0.375 e. The summed E-state index contributed by atoms with van der Waals surface area (Å²) in [5.41, 5.74) is 0.527. The van der Waals surface area contributed by atoms with Crippen LogP contribution in [0.2, 0.25) is 10.0 Å². The Morgan fingerprint density at radius 2 is 2.11 bits per heavy atom. The molecule has 1 aromatic carbocycles. The van der Waals surface area contributed by atoms with Gasteiger partial charge < -0.3 is 4.74 Å². The summed E-state index contributed by atoms with van der Waals surface area (Å²) in [7, 11) is 0. The molecule has 102 valence electrons. The van der Waals surface area contributed by atoms with Crippen molar-refractivity contribution >= 4 is 29.0 Å². The third-order valence-electron chi connectivity index (χ3n) is 4.35. The number of halogens is 2. The molecule has 1 spiro atoms. The highest BCUT2D eigenvalue weighted by atomic mass is 35.5. The van der Waals surface area contributed by atoms with Crippen LogP contribution in [0.1, 0.15) is 42.5 Å². The summed E-state index contributed by atoms with van der Waals surface area (Å²) in [6, 6.07) is 5.25. The van der Waals surface area contributed by atoms with E-state index < -0.39 is 0 Å². The van der Waals surface area contributed by atoms with Crippen molar-refractivity contribution in [1.82, 2.24) is 0 Å². The van der Waals surface area contributed by atoms with Crippen LogP contribution in [0.3, 0.4) is 0 Å². The number of Topliss-reactive ketones (excluding diaryl/α,β-unsaturated/α-hetero) is 1. The Morgan fingerprint density at radius 1 is 1.32 bits per heavy atom. The zero-order chi connectivity index (χ0) is 13.5. The minimum atomic E-state index is -0.0242. The Hall–Kier alpha value is -0.570. The Balaban J connectivity index is 1.81. The number of ether oxygens (including phenoxy) is 1. The van der Waals surface area contributed by atoms with Gasteiger partial charge in [-0.25, -0.2) is 0 Å². The molecule has 1 aromatic rings. The summed E-state index contributed by atoms with van der Waals surface area (Å²) < 4.78 is 5.86. The summed E-state index contributed by atoms with van der Waals surface area (Å²) in [5.74, 6) is 0.132. The molecule has 2 fully saturated rings. The number of rotatable bonds is 2. The summed E-state index contributed by atoms with van der Waals surface area (Å²) >= 11 is 12.1. The molecule has 2 nitrogen and oxygen atoms in total. The zero-order valence-electron chi connectivity index (χ0n) is 10.6. The standard InChI is InChI=1S/C15H16Cl2O2/c16-12-4-1-3-11(13(12)17)14(18)10-5-8-19-15(9-10)6-2-7-15/h1,3-4,10H,2,5-9H2. The molecule has 2 aliphatic rings. The van der Waals surface area contributed by atoms with Crippen molar-refractivity contribution < 1.29 is 9.53 Å². The van der Waals surface area contributed by atoms with Crippen LogP contribution in [0.15, 0.2) is 18.2 Å². The van der Waals surface area contributed by atoms with Gasteiger partial charge in [0.05, 0.1) is 15.6 Å². The molecule has 1 heterocycles. The zero-order valence-corrected chi connectivity index (χ0v) is 12.1. The second-order valence-electron chi connectivity index (χ2n) is 5.54. The molecule has 0 bridgehead atoms. The predicted octanol–water partition coefficient (Wildman–Crippen LogP) is 4.53. The lowest BCUT2D eigenvalue weighted by Crippen LogP contribution is -2.47. The second kappa shape index (κ2) is 5.08. The monoisotopic (exact) mass is 298 g/mol. The van der Waals surface area contributed by atoms with E-state index in [2.05, 4.69) is 0 Å². The van der Waals surface area contributed by atoms with Crippen LogP contribution in [-0.4, -0.2) is 18.0 Å². The largest absolute Gasteiger partial charge is 0.375 e. The van der Waals surface area contributed by atoms with Crippen molar-refractivity contribution in [2.24, 2.45) is 5.92 Å². The van der Waals surface area contributed by atoms with Crippen LogP contribution in [0, 0.1) is 5.92 Å². The van der Waals surface area contributed by atoms with E-state index in [0.717, 1.165) is 25.7 Å². The molecule has 1 atom stereocenters. The van der Waals surface area contributed by atoms with Gasteiger partial charge >= 0.3 is 0 Å². The van der Waals surface area contributed by atoms with Crippen molar-refractivity contribution in [2.75, 3.05) is 6.61 Å². The highest BCUT2D eigenvalue weighted by molar-refractivity contribution is 6.43. The molecule has 0 aromatic heterocycles. The number of ketones is 1. The molecule has 1 unspecified atom stereocenters. The molecule has 19 heavy (non-hydrogen) atoms. The summed E-state index contributed by atoms with van der Waals surface area (Å²) in [6.07, 6.45) is 4.98. The molecule has 4 heteroatoms. The van der Waals surface area contributed by atoms with E-state index in [1.807, 2.05) is 0 Å². The average molecular weight is 299 g/mol. The number of carbonyl (C=O) groups is 1. The normalized spacial score (nSPS) is 25.1.